The molecule has 0 aromatic rings. The Morgan fingerprint density at radius 2 is 1.88 bits per heavy atom. The monoisotopic (exact) mass is 231 g/mol. The Balaban J connectivity index is 4.27. The molecule has 16 heavy (non-hydrogen) atoms. The van der Waals surface area contributed by atoms with Gasteiger partial charge in [-0.15, -0.1) is 0 Å². The first kappa shape index (κ1) is 15.4. The number of methoxy groups -OCH3 is 1. The Bertz CT molecular complexity index is 206. The number of rotatable bonds is 7. The normalized spacial score (nSPS) is 16.9. The fourth-order valence-corrected chi connectivity index (χ4v) is 1.62. The van der Waals surface area contributed by atoms with Gasteiger partial charge in [0.15, 0.2) is 0 Å². The van der Waals surface area contributed by atoms with E-state index in [4.69, 9.17) is 9.84 Å². The Morgan fingerprint density at radius 3 is 2.25 bits per heavy atom. The molecular formula is C12H25NO3. The van der Waals surface area contributed by atoms with Crippen molar-refractivity contribution >= 4 is 5.97 Å². The summed E-state index contributed by atoms with van der Waals surface area (Å²) in [7, 11) is 1.40. The summed E-state index contributed by atoms with van der Waals surface area (Å²) in [6.07, 6.45) is 0.704. The predicted octanol–water partition coefficient (Wildman–Crippen LogP) is 1.18. The standard InChI is InChI=1S/C12H25NO3/c1-8(2)11(6-7-14)13-10(4)9(3)12(15)16-5/h8-11,13-14H,6-7H2,1-5H3. The average Bonchev–Trinajstić information content (AvgIpc) is 2.25. The molecule has 4 heteroatoms. The van der Waals surface area contributed by atoms with Gasteiger partial charge in [0.05, 0.1) is 13.0 Å². The summed E-state index contributed by atoms with van der Waals surface area (Å²) in [6.45, 7) is 8.18. The summed E-state index contributed by atoms with van der Waals surface area (Å²) in [5, 5.41) is 12.3. The van der Waals surface area contributed by atoms with Crippen molar-refractivity contribution in [2.24, 2.45) is 11.8 Å². The number of esters is 1. The molecule has 0 rings (SSSR count). The van der Waals surface area contributed by atoms with Crippen LogP contribution in [-0.2, 0) is 9.53 Å². The minimum atomic E-state index is -0.202. The van der Waals surface area contributed by atoms with Gasteiger partial charge in [0.2, 0.25) is 0 Å². The first-order chi connectivity index (χ1) is 7.43. The molecule has 96 valence electrons. The van der Waals surface area contributed by atoms with E-state index in [0.29, 0.717) is 12.3 Å². The highest BCUT2D eigenvalue weighted by Crippen LogP contribution is 2.11. The third kappa shape index (κ3) is 4.94. The van der Waals surface area contributed by atoms with Crippen molar-refractivity contribution < 1.29 is 14.6 Å². The zero-order valence-electron chi connectivity index (χ0n) is 11.0. The number of hydrogen-bond acceptors (Lipinski definition) is 4. The minimum absolute atomic E-state index is 0.0476. The van der Waals surface area contributed by atoms with Crippen molar-refractivity contribution in [2.45, 2.75) is 46.2 Å². The van der Waals surface area contributed by atoms with E-state index in [1.807, 2.05) is 13.8 Å². The van der Waals surface area contributed by atoms with Gasteiger partial charge < -0.3 is 15.2 Å². The van der Waals surface area contributed by atoms with Crippen LogP contribution in [-0.4, -0.2) is 36.9 Å². The van der Waals surface area contributed by atoms with Gasteiger partial charge in [-0.3, -0.25) is 4.79 Å². The van der Waals surface area contributed by atoms with Gasteiger partial charge in [-0.2, -0.15) is 0 Å². The molecule has 0 fully saturated rings. The average molecular weight is 231 g/mol. The molecule has 3 unspecified atom stereocenters. The highest BCUT2D eigenvalue weighted by molar-refractivity contribution is 5.72. The van der Waals surface area contributed by atoms with Gasteiger partial charge in [-0.25, -0.2) is 0 Å². The van der Waals surface area contributed by atoms with E-state index in [1.165, 1.54) is 7.11 Å². The molecule has 0 aromatic heterocycles. The second-order valence-electron chi connectivity index (χ2n) is 4.63. The van der Waals surface area contributed by atoms with Crippen LogP contribution in [0.5, 0.6) is 0 Å². The Hall–Kier alpha value is -0.610. The molecule has 2 N–H and O–H groups in total. The van der Waals surface area contributed by atoms with E-state index in [9.17, 15) is 4.79 Å². The summed E-state index contributed by atoms with van der Waals surface area (Å²) < 4.78 is 4.71. The number of aliphatic hydroxyl groups is 1. The Labute approximate surface area is 98.4 Å². The van der Waals surface area contributed by atoms with Crippen molar-refractivity contribution in [3.63, 3.8) is 0 Å². The molecule has 0 aliphatic rings. The van der Waals surface area contributed by atoms with Gasteiger partial charge in [-0.05, 0) is 19.3 Å². The maximum Gasteiger partial charge on any atom is 0.309 e. The first-order valence-corrected chi connectivity index (χ1v) is 5.88. The number of carbonyl (C=O) groups is 1. The maximum atomic E-state index is 11.4. The Morgan fingerprint density at radius 1 is 1.31 bits per heavy atom. The summed E-state index contributed by atoms with van der Waals surface area (Å²) in [6, 6.07) is 0.276. The van der Waals surface area contributed by atoms with Crippen molar-refractivity contribution in [3.05, 3.63) is 0 Å². The highest BCUT2D eigenvalue weighted by Gasteiger charge is 2.24. The van der Waals surface area contributed by atoms with E-state index in [0.717, 1.165) is 0 Å². The zero-order chi connectivity index (χ0) is 12.7. The van der Waals surface area contributed by atoms with Crippen LogP contribution in [0.25, 0.3) is 0 Å². The lowest BCUT2D eigenvalue weighted by Crippen LogP contribution is -2.45. The van der Waals surface area contributed by atoms with Gasteiger partial charge in [-0.1, -0.05) is 20.8 Å². The third-order valence-electron chi connectivity index (χ3n) is 3.04. The molecule has 0 spiro atoms. The molecule has 0 amide bonds. The van der Waals surface area contributed by atoms with Gasteiger partial charge in [0.1, 0.15) is 0 Å². The summed E-state index contributed by atoms with van der Waals surface area (Å²) >= 11 is 0. The highest BCUT2D eigenvalue weighted by atomic mass is 16.5. The van der Waals surface area contributed by atoms with Gasteiger partial charge in [0, 0.05) is 18.7 Å². The smallest absolute Gasteiger partial charge is 0.309 e. The van der Waals surface area contributed by atoms with Crippen molar-refractivity contribution in [1.82, 2.24) is 5.32 Å². The fourth-order valence-electron chi connectivity index (χ4n) is 1.62. The number of nitrogens with one attached hydrogen (secondary N) is 1. The molecule has 3 atom stereocenters. The van der Waals surface area contributed by atoms with Crippen LogP contribution in [0, 0.1) is 11.8 Å². The molecule has 0 saturated heterocycles. The summed E-state index contributed by atoms with van der Waals surface area (Å²) in [4.78, 5) is 11.4. The largest absolute Gasteiger partial charge is 0.469 e. The summed E-state index contributed by atoms with van der Waals surface area (Å²) in [5.74, 6) is 0.0518. The van der Waals surface area contributed by atoms with Crippen molar-refractivity contribution in [3.8, 4) is 0 Å². The maximum absolute atomic E-state index is 11.4. The Kier molecular flexibility index (Phi) is 7.34. The van der Waals surface area contributed by atoms with Crippen LogP contribution in [0.3, 0.4) is 0 Å². The second-order valence-corrected chi connectivity index (χ2v) is 4.63. The van der Waals surface area contributed by atoms with E-state index < -0.39 is 0 Å². The fraction of sp³-hybridized carbons (Fsp3) is 0.917. The molecule has 4 nitrogen and oxygen atoms in total. The number of carbonyl (C=O) groups excluding carboxylic acids is 1. The molecule has 0 aromatic carbocycles. The molecule has 0 aliphatic carbocycles. The lowest BCUT2D eigenvalue weighted by Gasteiger charge is -2.28. The van der Waals surface area contributed by atoms with Crippen LogP contribution in [0.2, 0.25) is 0 Å². The molecular weight excluding hydrogens is 206 g/mol. The number of hydrogen-bond donors (Lipinski definition) is 2. The summed E-state index contributed by atoms with van der Waals surface area (Å²) in [5.41, 5.74) is 0. The molecule has 0 saturated carbocycles. The second kappa shape index (κ2) is 7.63. The minimum Gasteiger partial charge on any atom is -0.469 e. The van der Waals surface area contributed by atoms with Crippen LogP contribution >= 0.6 is 0 Å². The third-order valence-corrected chi connectivity index (χ3v) is 3.04. The van der Waals surface area contributed by atoms with Gasteiger partial charge >= 0.3 is 5.97 Å². The lowest BCUT2D eigenvalue weighted by molar-refractivity contribution is -0.145. The van der Waals surface area contributed by atoms with Crippen LogP contribution < -0.4 is 5.32 Å². The molecule has 0 radical (unpaired) electrons. The first-order valence-electron chi connectivity index (χ1n) is 5.88. The topological polar surface area (TPSA) is 58.6 Å². The van der Waals surface area contributed by atoms with Crippen LogP contribution in [0.15, 0.2) is 0 Å². The van der Waals surface area contributed by atoms with Gasteiger partial charge in [0.25, 0.3) is 0 Å². The molecule has 0 heterocycles. The lowest BCUT2D eigenvalue weighted by atomic mass is 9.97. The van der Waals surface area contributed by atoms with Crippen molar-refractivity contribution in [1.29, 1.82) is 0 Å². The van der Waals surface area contributed by atoms with E-state index in [-0.39, 0.29) is 30.6 Å². The zero-order valence-corrected chi connectivity index (χ0v) is 11.0. The number of ether oxygens (including phenoxy) is 1. The van der Waals surface area contributed by atoms with Crippen molar-refractivity contribution in [2.75, 3.05) is 13.7 Å². The predicted molar refractivity (Wildman–Crippen MR) is 64.1 cm³/mol. The van der Waals surface area contributed by atoms with Crippen LogP contribution in [0.4, 0.5) is 0 Å². The SMILES string of the molecule is COC(=O)C(C)C(C)NC(CCO)C(C)C. The van der Waals surface area contributed by atoms with Crippen LogP contribution in [0.1, 0.15) is 34.1 Å². The van der Waals surface area contributed by atoms with E-state index in [2.05, 4.69) is 19.2 Å². The van der Waals surface area contributed by atoms with E-state index in [1.54, 1.807) is 0 Å². The molecule has 0 bridgehead atoms. The number of aliphatic hydroxyl groups excluding tert-OH is 1. The van der Waals surface area contributed by atoms with E-state index >= 15 is 0 Å². The quantitative estimate of drug-likeness (QED) is 0.646. The molecule has 0 aliphatic heterocycles.